The molecule has 1 N–H and O–H groups in total. The van der Waals surface area contributed by atoms with Crippen molar-refractivity contribution >= 4 is 17.8 Å². The van der Waals surface area contributed by atoms with Crippen molar-refractivity contribution in [2.24, 2.45) is 5.92 Å². The number of amides is 2. The molecule has 2 unspecified atom stereocenters. The Morgan fingerprint density at radius 2 is 2.00 bits per heavy atom. The number of carboxylic acid groups (broad SMARTS) is 1. The molecule has 0 spiro atoms. The van der Waals surface area contributed by atoms with Crippen molar-refractivity contribution < 1.29 is 24.2 Å². The van der Waals surface area contributed by atoms with Gasteiger partial charge in [0.15, 0.2) is 0 Å². The normalized spacial score (nSPS) is 29.0. The molecule has 2 amide bonds. The quantitative estimate of drug-likeness (QED) is 0.777. The van der Waals surface area contributed by atoms with Gasteiger partial charge >= 0.3 is 5.97 Å². The minimum absolute atomic E-state index is 0.00573. The van der Waals surface area contributed by atoms with Crippen LogP contribution in [0.25, 0.3) is 0 Å². The Labute approximate surface area is 129 Å². The fraction of sp³-hybridized carbons (Fsp3) is 0.800. The van der Waals surface area contributed by atoms with E-state index >= 15 is 0 Å². The molecule has 0 aromatic rings. The molecule has 0 aromatic heterocycles. The maximum atomic E-state index is 12.6. The maximum Gasteiger partial charge on any atom is 0.305 e. The smallest absolute Gasteiger partial charge is 0.305 e. The summed E-state index contributed by atoms with van der Waals surface area (Å²) in [5, 5.41) is 9.07. The van der Waals surface area contributed by atoms with Gasteiger partial charge in [0, 0.05) is 32.2 Å². The van der Waals surface area contributed by atoms with Gasteiger partial charge in [-0.3, -0.25) is 14.4 Å². The highest BCUT2D eigenvalue weighted by Crippen LogP contribution is 2.33. The van der Waals surface area contributed by atoms with Crippen LogP contribution in [-0.4, -0.2) is 71.1 Å². The zero-order valence-electron chi connectivity index (χ0n) is 12.6. The highest BCUT2D eigenvalue weighted by Gasteiger charge is 2.43. The summed E-state index contributed by atoms with van der Waals surface area (Å²) in [4.78, 5) is 39.1. The first-order valence-electron chi connectivity index (χ1n) is 7.99. The summed E-state index contributed by atoms with van der Waals surface area (Å²) in [5.74, 6) is -1.37. The molecule has 122 valence electrons. The molecule has 0 bridgehead atoms. The van der Waals surface area contributed by atoms with E-state index in [1.54, 1.807) is 4.90 Å². The van der Waals surface area contributed by atoms with Crippen molar-refractivity contribution in [1.82, 2.24) is 9.80 Å². The summed E-state index contributed by atoms with van der Waals surface area (Å²) >= 11 is 0. The van der Waals surface area contributed by atoms with Crippen molar-refractivity contribution in [1.29, 1.82) is 0 Å². The molecule has 7 nitrogen and oxygen atoms in total. The van der Waals surface area contributed by atoms with Gasteiger partial charge in [-0.05, 0) is 25.7 Å². The first kappa shape index (κ1) is 15.3. The molecule has 1 saturated carbocycles. The topological polar surface area (TPSA) is 87.2 Å². The van der Waals surface area contributed by atoms with Crippen LogP contribution in [0.15, 0.2) is 0 Å². The first-order valence-corrected chi connectivity index (χ1v) is 7.99. The largest absolute Gasteiger partial charge is 0.481 e. The summed E-state index contributed by atoms with van der Waals surface area (Å²) in [7, 11) is 0. The molecule has 0 aromatic carbocycles. The van der Waals surface area contributed by atoms with Crippen LogP contribution in [0, 0.1) is 5.92 Å². The lowest BCUT2D eigenvalue weighted by atomic mass is 10.1. The van der Waals surface area contributed by atoms with Gasteiger partial charge in [-0.25, -0.2) is 0 Å². The Morgan fingerprint density at radius 1 is 1.23 bits per heavy atom. The minimum atomic E-state index is -1.05. The molecule has 2 aliphatic heterocycles. The average Bonchev–Trinajstić information content (AvgIpc) is 3.20. The van der Waals surface area contributed by atoms with E-state index in [9.17, 15) is 14.4 Å². The number of carboxylic acids is 1. The molecule has 2 saturated heterocycles. The van der Waals surface area contributed by atoms with E-state index in [4.69, 9.17) is 9.84 Å². The highest BCUT2D eigenvalue weighted by atomic mass is 16.5. The van der Waals surface area contributed by atoms with Crippen LogP contribution in [0.4, 0.5) is 0 Å². The van der Waals surface area contributed by atoms with E-state index in [1.165, 1.54) is 4.90 Å². The van der Waals surface area contributed by atoms with Crippen LogP contribution in [-0.2, 0) is 19.1 Å². The highest BCUT2D eigenvalue weighted by molar-refractivity contribution is 5.93. The number of carbonyl (C=O) groups is 3. The minimum Gasteiger partial charge on any atom is -0.481 e. The Hall–Kier alpha value is -1.63. The Balaban J connectivity index is 1.68. The van der Waals surface area contributed by atoms with Gasteiger partial charge in [0.05, 0.1) is 12.5 Å². The molecule has 3 aliphatic rings. The van der Waals surface area contributed by atoms with Gasteiger partial charge in [0.25, 0.3) is 0 Å². The lowest BCUT2D eigenvalue weighted by molar-refractivity contribution is -0.157. The fourth-order valence-electron chi connectivity index (χ4n) is 3.25. The molecule has 2 atom stereocenters. The predicted molar refractivity (Wildman–Crippen MR) is 76.0 cm³/mol. The van der Waals surface area contributed by atoms with Crippen LogP contribution in [0.1, 0.15) is 32.1 Å². The van der Waals surface area contributed by atoms with Crippen molar-refractivity contribution in [2.45, 2.75) is 44.2 Å². The predicted octanol–water partition coefficient (Wildman–Crippen LogP) is 0.0895. The van der Waals surface area contributed by atoms with Crippen molar-refractivity contribution in [3.8, 4) is 0 Å². The van der Waals surface area contributed by atoms with E-state index < -0.39 is 12.0 Å². The van der Waals surface area contributed by atoms with E-state index in [0.717, 1.165) is 32.3 Å². The van der Waals surface area contributed by atoms with Crippen LogP contribution in [0.5, 0.6) is 0 Å². The second-order valence-electron chi connectivity index (χ2n) is 6.34. The van der Waals surface area contributed by atoms with E-state index in [-0.39, 0.29) is 30.3 Å². The van der Waals surface area contributed by atoms with Crippen LogP contribution in [0.2, 0.25) is 0 Å². The van der Waals surface area contributed by atoms with Crippen LogP contribution in [0.3, 0.4) is 0 Å². The molecule has 3 fully saturated rings. The van der Waals surface area contributed by atoms with Crippen LogP contribution >= 0.6 is 0 Å². The molecule has 2 heterocycles. The Bertz CT molecular complexity index is 471. The molecular weight excluding hydrogens is 288 g/mol. The molecule has 7 heteroatoms. The standard InChI is InChI=1S/C15H22N2O5/c18-13(19)8-12-15(21)16(9-11-2-1-7-22-11)5-6-17(12)14(20)10-3-4-10/h10-12H,1-9H2,(H,18,19). The third kappa shape index (κ3) is 3.24. The number of aliphatic carboxylic acids is 1. The monoisotopic (exact) mass is 310 g/mol. The molecule has 3 rings (SSSR count). The maximum absolute atomic E-state index is 12.6. The third-order valence-electron chi connectivity index (χ3n) is 4.61. The van der Waals surface area contributed by atoms with Gasteiger partial charge < -0.3 is 19.6 Å². The van der Waals surface area contributed by atoms with Gasteiger partial charge in [-0.15, -0.1) is 0 Å². The number of hydrogen-bond donors (Lipinski definition) is 1. The van der Waals surface area contributed by atoms with Gasteiger partial charge in [0.1, 0.15) is 6.04 Å². The second kappa shape index (κ2) is 6.24. The summed E-state index contributed by atoms with van der Waals surface area (Å²) in [6.45, 7) is 2.11. The first-order chi connectivity index (χ1) is 10.6. The molecule has 0 radical (unpaired) electrons. The Kier molecular flexibility index (Phi) is 4.33. The molecular formula is C15H22N2O5. The number of rotatable bonds is 5. The van der Waals surface area contributed by atoms with E-state index in [1.807, 2.05) is 0 Å². The summed E-state index contributed by atoms with van der Waals surface area (Å²) in [6.07, 6.45) is 3.35. The van der Waals surface area contributed by atoms with Crippen molar-refractivity contribution in [3.05, 3.63) is 0 Å². The van der Waals surface area contributed by atoms with Crippen LogP contribution < -0.4 is 0 Å². The van der Waals surface area contributed by atoms with Gasteiger partial charge in [-0.2, -0.15) is 0 Å². The van der Waals surface area contributed by atoms with Crippen molar-refractivity contribution in [3.63, 3.8) is 0 Å². The number of nitrogens with zero attached hydrogens (tertiary/aromatic N) is 2. The van der Waals surface area contributed by atoms with Crippen molar-refractivity contribution in [2.75, 3.05) is 26.2 Å². The second-order valence-corrected chi connectivity index (χ2v) is 6.34. The fourth-order valence-corrected chi connectivity index (χ4v) is 3.25. The lowest BCUT2D eigenvalue weighted by Crippen LogP contribution is -2.60. The average molecular weight is 310 g/mol. The molecule has 22 heavy (non-hydrogen) atoms. The number of hydrogen-bond acceptors (Lipinski definition) is 4. The number of piperazine rings is 1. The lowest BCUT2D eigenvalue weighted by Gasteiger charge is -2.41. The van der Waals surface area contributed by atoms with Gasteiger partial charge in [0.2, 0.25) is 11.8 Å². The van der Waals surface area contributed by atoms with E-state index in [2.05, 4.69) is 0 Å². The number of ether oxygens (including phenoxy) is 1. The molecule has 1 aliphatic carbocycles. The Morgan fingerprint density at radius 3 is 2.59 bits per heavy atom. The van der Waals surface area contributed by atoms with Gasteiger partial charge in [-0.1, -0.05) is 0 Å². The summed E-state index contributed by atoms with van der Waals surface area (Å²) in [6, 6.07) is -0.860. The zero-order chi connectivity index (χ0) is 15.7. The SMILES string of the molecule is O=C(O)CC1C(=O)N(CC2CCCO2)CCN1C(=O)C1CC1. The third-order valence-corrected chi connectivity index (χ3v) is 4.61. The number of carbonyl (C=O) groups excluding carboxylic acids is 2. The summed E-state index contributed by atoms with van der Waals surface area (Å²) in [5.41, 5.74) is 0. The van der Waals surface area contributed by atoms with E-state index in [0.29, 0.717) is 19.6 Å². The zero-order valence-corrected chi connectivity index (χ0v) is 12.6. The summed E-state index contributed by atoms with van der Waals surface area (Å²) < 4.78 is 5.55.